The Morgan fingerprint density at radius 3 is 2.07 bits per heavy atom. The fourth-order valence-corrected chi connectivity index (χ4v) is 4.50. The maximum atomic E-state index is 15.1. The Hall–Kier alpha value is -3.08. The molecule has 0 aromatic heterocycles. The molecule has 1 heterocycles. The van der Waals surface area contributed by atoms with Gasteiger partial charge in [-0.1, -0.05) is 30.3 Å². The summed E-state index contributed by atoms with van der Waals surface area (Å²) in [5.41, 5.74) is 2.35. The number of ether oxygens (including phenoxy) is 2. The van der Waals surface area contributed by atoms with Gasteiger partial charge in [0.2, 0.25) is 0 Å². The largest absolute Gasteiger partial charge is 0.493 e. The van der Waals surface area contributed by atoms with E-state index in [1.54, 1.807) is 50.6 Å². The molecule has 0 N–H and O–H groups in total. The van der Waals surface area contributed by atoms with Gasteiger partial charge in [0.15, 0.2) is 11.5 Å². The predicted molar refractivity (Wildman–Crippen MR) is 114 cm³/mol. The van der Waals surface area contributed by atoms with Crippen molar-refractivity contribution >= 4 is 5.69 Å². The van der Waals surface area contributed by atoms with Gasteiger partial charge in [-0.25, -0.2) is 8.78 Å². The number of anilines is 1. The molecule has 1 atom stereocenters. The molecule has 0 spiro atoms. The summed E-state index contributed by atoms with van der Waals surface area (Å²) in [5, 5.41) is 0. The van der Waals surface area contributed by atoms with E-state index in [0.29, 0.717) is 29.2 Å². The van der Waals surface area contributed by atoms with Crippen LogP contribution in [-0.4, -0.2) is 19.8 Å². The van der Waals surface area contributed by atoms with Gasteiger partial charge in [-0.3, -0.25) is 0 Å². The van der Waals surface area contributed by atoms with Crippen molar-refractivity contribution in [1.29, 1.82) is 0 Å². The number of benzene rings is 3. The molecule has 1 aliphatic heterocycles. The lowest BCUT2D eigenvalue weighted by Crippen LogP contribution is -2.52. The third-order valence-corrected chi connectivity index (χ3v) is 5.79. The number of fused-ring (bicyclic) bond motifs is 1. The summed E-state index contributed by atoms with van der Waals surface area (Å²) in [5.74, 6) is 0.516. The van der Waals surface area contributed by atoms with Crippen molar-refractivity contribution in [1.82, 2.24) is 0 Å². The lowest BCUT2D eigenvalue weighted by atomic mass is 9.78. The average Bonchev–Trinajstić information content (AvgIpc) is 2.72. The molecule has 1 unspecified atom stereocenters. The van der Waals surface area contributed by atoms with Crippen LogP contribution in [0.3, 0.4) is 0 Å². The topological polar surface area (TPSA) is 21.7 Å². The van der Waals surface area contributed by atoms with Crippen molar-refractivity contribution < 1.29 is 18.3 Å². The van der Waals surface area contributed by atoms with E-state index in [2.05, 4.69) is 0 Å². The first-order valence-electron chi connectivity index (χ1n) is 9.90. The number of halogens is 2. The van der Waals surface area contributed by atoms with E-state index in [1.165, 1.54) is 12.1 Å². The zero-order valence-corrected chi connectivity index (χ0v) is 17.6. The third-order valence-electron chi connectivity index (χ3n) is 5.79. The first-order valence-corrected chi connectivity index (χ1v) is 9.90. The molecule has 0 bridgehead atoms. The van der Waals surface area contributed by atoms with Crippen molar-refractivity contribution in [3.8, 4) is 11.5 Å². The second kappa shape index (κ2) is 7.63. The monoisotopic (exact) mass is 409 g/mol. The van der Waals surface area contributed by atoms with Crippen LogP contribution in [0.15, 0.2) is 60.7 Å². The number of hydrogen-bond acceptors (Lipinski definition) is 3. The molecule has 1 aliphatic rings. The molecule has 3 aromatic carbocycles. The smallest absolute Gasteiger partial charge is 0.161 e. The lowest BCUT2D eigenvalue weighted by Gasteiger charge is -2.50. The van der Waals surface area contributed by atoms with E-state index in [4.69, 9.17) is 9.47 Å². The third kappa shape index (κ3) is 3.28. The maximum Gasteiger partial charge on any atom is 0.161 e. The van der Waals surface area contributed by atoms with Gasteiger partial charge in [0.1, 0.15) is 11.6 Å². The van der Waals surface area contributed by atoms with E-state index in [0.717, 1.165) is 11.1 Å². The maximum absolute atomic E-state index is 15.1. The Morgan fingerprint density at radius 2 is 1.43 bits per heavy atom. The Morgan fingerprint density at radius 1 is 0.833 bits per heavy atom. The van der Waals surface area contributed by atoms with Gasteiger partial charge in [-0.15, -0.1) is 0 Å². The Kier molecular flexibility index (Phi) is 5.14. The second-order valence-corrected chi connectivity index (χ2v) is 8.14. The summed E-state index contributed by atoms with van der Waals surface area (Å²) in [6, 6.07) is 16.6. The molecule has 0 saturated heterocycles. The van der Waals surface area contributed by atoms with Gasteiger partial charge in [0.05, 0.1) is 25.9 Å². The molecule has 0 radical (unpaired) electrons. The molecule has 5 heteroatoms. The molecule has 156 valence electrons. The SMILES string of the molecule is COc1cc2c(cc1OC)C(c1ccccc1F)N(c1ccccc1F)C(C)(C)C2. The number of methoxy groups -OCH3 is 2. The fraction of sp³-hybridized carbons (Fsp3) is 0.280. The van der Waals surface area contributed by atoms with Crippen LogP contribution in [0, 0.1) is 11.6 Å². The van der Waals surface area contributed by atoms with Gasteiger partial charge >= 0.3 is 0 Å². The predicted octanol–water partition coefficient (Wildman–Crippen LogP) is 5.91. The summed E-state index contributed by atoms with van der Waals surface area (Å²) >= 11 is 0. The molecule has 0 aliphatic carbocycles. The standard InChI is InChI=1S/C25H25F2NO2/c1-25(2)15-16-13-22(29-3)23(30-4)14-18(16)24(17-9-5-6-10-19(17)26)28(25)21-12-8-7-11-20(21)27/h5-14,24H,15H2,1-4H3. The van der Waals surface area contributed by atoms with Crippen LogP contribution in [0.1, 0.15) is 36.6 Å². The molecular weight excluding hydrogens is 384 g/mol. The molecule has 3 aromatic rings. The van der Waals surface area contributed by atoms with Crippen molar-refractivity contribution in [2.45, 2.75) is 31.8 Å². The van der Waals surface area contributed by atoms with Gasteiger partial charge in [0.25, 0.3) is 0 Å². The van der Waals surface area contributed by atoms with Crippen LogP contribution in [0.2, 0.25) is 0 Å². The van der Waals surface area contributed by atoms with Gasteiger partial charge in [-0.2, -0.15) is 0 Å². The van der Waals surface area contributed by atoms with Crippen LogP contribution in [-0.2, 0) is 6.42 Å². The fourth-order valence-electron chi connectivity index (χ4n) is 4.50. The molecule has 0 amide bonds. The van der Waals surface area contributed by atoms with Crippen LogP contribution in [0.25, 0.3) is 0 Å². The first-order chi connectivity index (χ1) is 14.4. The van der Waals surface area contributed by atoms with Gasteiger partial charge in [-0.05, 0) is 61.7 Å². The quantitative estimate of drug-likeness (QED) is 0.534. The number of para-hydroxylation sites is 1. The van der Waals surface area contributed by atoms with E-state index in [1.807, 2.05) is 30.9 Å². The van der Waals surface area contributed by atoms with E-state index >= 15 is 4.39 Å². The Balaban J connectivity index is 2.03. The average molecular weight is 409 g/mol. The molecule has 30 heavy (non-hydrogen) atoms. The molecule has 3 nitrogen and oxygen atoms in total. The van der Waals surface area contributed by atoms with Crippen LogP contribution < -0.4 is 14.4 Å². The summed E-state index contributed by atoms with van der Waals surface area (Å²) in [4.78, 5) is 1.98. The highest BCUT2D eigenvalue weighted by molar-refractivity contribution is 5.62. The highest BCUT2D eigenvalue weighted by Gasteiger charge is 2.43. The zero-order valence-electron chi connectivity index (χ0n) is 17.6. The van der Waals surface area contributed by atoms with E-state index in [-0.39, 0.29) is 11.6 Å². The minimum atomic E-state index is -0.526. The Bertz CT molecular complexity index is 1080. The summed E-state index contributed by atoms with van der Waals surface area (Å²) in [6.45, 7) is 4.10. The second-order valence-electron chi connectivity index (χ2n) is 8.14. The molecular formula is C25H25F2NO2. The normalized spacial score (nSPS) is 17.4. The van der Waals surface area contributed by atoms with Gasteiger partial charge in [0, 0.05) is 11.1 Å². The molecule has 0 saturated carbocycles. The summed E-state index contributed by atoms with van der Waals surface area (Å²) in [7, 11) is 3.17. The lowest BCUT2D eigenvalue weighted by molar-refractivity contribution is 0.348. The van der Waals surface area contributed by atoms with Crippen molar-refractivity contribution in [2.75, 3.05) is 19.1 Å². The Labute approximate surface area is 175 Å². The molecule has 4 rings (SSSR count). The minimum absolute atomic E-state index is 0.331. The van der Waals surface area contributed by atoms with Crippen LogP contribution in [0.4, 0.5) is 14.5 Å². The van der Waals surface area contributed by atoms with Crippen molar-refractivity contribution in [3.63, 3.8) is 0 Å². The van der Waals surface area contributed by atoms with Crippen LogP contribution in [0.5, 0.6) is 11.5 Å². The number of hydrogen-bond donors (Lipinski definition) is 0. The highest BCUT2D eigenvalue weighted by Crippen LogP contribution is 2.48. The van der Waals surface area contributed by atoms with Gasteiger partial charge < -0.3 is 14.4 Å². The zero-order chi connectivity index (χ0) is 21.5. The molecule has 0 fully saturated rings. The van der Waals surface area contributed by atoms with E-state index in [9.17, 15) is 4.39 Å². The summed E-state index contributed by atoms with van der Waals surface area (Å²) < 4.78 is 41.0. The minimum Gasteiger partial charge on any atom is -0.493 e. The van der Waals surface area contributed by atoms with E-state index < -0.39 is 11.6 Å². The highest BCUT2D eigenvalue weighted by atomic mass is 19.1. The van der Waals surface area contributed by atoms with Crippen LogP contribution >= 0.6 is 0 Å². The number of rotatable bonds is 4. The first kappa shape index (κ1) is 20.2. The summed E-state index contributed by atoms with van der Waals surface area (Å²) in [6.07, 6.45) is 0.641. The van der Waals surface area contributed by atoms with Crippen molar-refractivity contribution in [2.24, 2.45) is 0 Å². The number of nitrogens with zero attached hydrogens (tertiary/aromatic N) is 1. The van der Waals surface area contributed by atoms with Crippen molar-refractivity contribution in [3.05, 3.63) is 89.0 Å².